The number of halogens is 2. The van der Waals surface area contributed by atoms with Gasteiger partial charge in [0.25, 0.3) is 6.43 Å². The van der Waals surface area contributed by atoms with Crippen LogP contribution in [0.15, 0.2) is 5.38 Å². The van der Waals surface area contributed by atoms with Gasteiger partial charge in [-0.15, -0.1) is 11.3 Å². The van der Waals surface area contributed by atoms with Gasteiger partial charge in [-0.2, -0.15) is 0 Å². The van der Waals surface area contributed by atoms with E-state index >= 15 is 0 Å². The zero-order chi connectivity index (χ0) is 9.35. The van der Waals surface area contributed by atoms with Crippen LogP contribution in [0.5, 0.6) is 0 Å². The van der Waals surface area contributed by atoms with E-state index in [1.54, 1.807) is 0 Å². The molecule has 0 fully saturated rings. The van der Waals surface area contributed by atoms with E-state index in [4.69, 9.17) is 0 Å². The Hall–Kier alpha value is -0.510. The van der Waals surface area contributed by atoms with Crippen molar-refractivity contribution >= 4 is 11.3 Å². The Balaban J connectivity index is 2.92. The summed E-state index contributed by atoms with van der Waals surface area (Å²) >= 11 is 1.29. The highest BCUT2D eigenvalue weighted by atomic mass is 32.1. The number of nitrogens with zero attached hydrogens (tertiary/aromatic N) is 1. The van der Waals surface area contributed by atoms with Crippen LogP contribution in [0.2, 0.25) is 0 Å². The highest BCUT2D eigenvalue weighted by Crippen LogP contribution is 2.28. The smallest absolute Gasteiger partial charge is 0.240 e. The Kier molecular flexibility index (Phi) is 2.46. The molecule has 0 aliphatic carbocycles. The minimum atomic E-state index is -2.45. The molecule has 0 saturated carbocycles. The minimum Gasteiger partial charge on any atom is -0.240 e. The molecule has 0 spiro atoms. The first-order valence-corrected chi connectivity index (χ1v) is 4.53. The SMILES string of the molecule is CC(C)(C)c1nc(C(F)F)cs1. The predicted molar refractivity (Wildman–Crippen MR) is 45.8 cm³/mol. The topological polar surface area (TPSA) is 12.9 Å². The predicted octanol–water partition coefficient (Wildman–Crippen LogP) is 3.38. The van der Waals surface area contributed by atoms with Gasteiger partial charge in [0.05, 0.1) is 5.01 Å². The summed E-state index contributed by atoms with van der Waals surface area (Å²) in [6.45, 7) is 5.88. The summed E-state index contributed by atoms with van der Waals surface area (Å²) in [6, 6.07) is 0. The van der Waals surface area contributed by atoms with Crippen LogP contribution < -0.4 is 0 Å². The normalized spacial score (nSPS) is 12.5. The maximum absolute atomic E-state index is 12.1. The van der Waals surface area contributed by atoms with Gasteiger partial charge in [-0.25, -0.2) is 13.8 Å². The van der Waals surface area contributed by atoms with Crippen molar-refractivity contribution in [3.63, 3.8) is 0 Å². The molecule has 1 aromatic rings. The lowest BCUT2D eigenvalue weighted by Crippen LogP contribution is -2.10. The summed E-state index contributed by atoms with van der Waals surface area (Å²) in [6.07, 6.45) is -2.45. The maximum atomic E-state index is 12.1. The summed E-state index contributed by atoms with van der Waals surface area (Å²) in [5.41, 5.74) is -0.234. The fourth-order valence-corrected chi connectivity index (χ4v) is 1.63. The quantitative estimate of drug-likeness (QED) is 0.663. The first-order chi connectivity index (χ1) is 5.41. The average Bonchev–Trinajstić information content (AvgIpc) is 2.30. The van der Waals surface area contributed by atoms with Gasteiger partial charge in [0.2, 0.25) is 0 Å². The van der Waals surface area contributed by atoms with Crippen molar-refractivity contribution < 1.29 is 8.78 Å². The van der Waals surface area contributed by atoms with Gasteiger partial charge >= 0.3 is 0 Å². The third-order valence-electron chi connectivity index (χ3n) is 1.39. The fraction of sp³-hybridized carbons (Fsp3) is 0.625. The van der Waals surface area contributed by atoms with Crippen LogP contribution in [0.25, 0.3) is 0 Å². The molecule has 0 radical (unpaired) electrons. The van der Waals surface area contributed by atoms with Gasteiger partial charge in [-0.05, 0) is 0 Å². The molecule has 0 aliphatic rings. The Labute approximate surface area is 74.4 Å². The molecule has 68 valence electrons. The second kappa shape index (κ2) is 3.09. The van der Waals surface area contributed by atoms with Crippen molar-refractivity contribution in [3.8, 4) is 0 Å². The molecule has 1 rings (SSSR count). The highest BCUT2D eigenvalue weighted by molar-refractivity contribution is 7.09. The molecule has 0 saturated heterocycles. The molecule has 0 N–H and O–H groups in total. The van der Waals surface area contributed by atoms with Crippen LogP contribution in [0, 0.1) is 0 Å². The molecular formula is C8H11F2NS. The molecule has 1 aromatic heterocycles. The van der Waals surface area contributed by atoms with Crippen molar-refractivity contribution in [2.45, 2.75) is 32.6 Å². The van der Waals surface area contributed by atoms with Gasteiger partial charge in [-0.3, -0.25) is 0 Å². The summed E-state index contributed by atoms with van der Waals surface area (Å²) in [4.78, 5) is 3.85. The summed E-state index contributed by atoms with van der Waals surface area (Å²) in [5, 5.41) is 2.18. The average molecular weight is 191 g/mol. The zero-order valence-electron chi connectivity index (χ0n) is 7.27. The van der Waals surface area contributed by atoms with Crippen LogP contribution in [-0.4, -0.2) is 4.98 Å². The highest BCUT2D eigenvalue weighted by Gasteiger charge is 2.20. The number of aromatic nitrogens is 1. The van der Waals surface area contributed by atoms with E-state index in [9.17, 15) is 8.78 Å². The Morgan fingerprint density at radius 2 is 2.00 bits per heavy atom. The molecular weight excluding hydrogens is 180 g/mol. The molecule has 0 bridgehead atoms. The third-order valence-corrected chi connectivity index (χ3v) is 2.67. The lowest BCUT2D eigenvalue weighted by atomic mass is 9.98. The lowest BCUT2D eigenvalue weighted by molar-refractivity contribution is 0.146. The lowest BCUT2D eigenvalue weighted by Gasteiger charge is -2.13. The zero-order valence-corrected chi connectivity index (χ0v) is 8.08. The number of thiazole rings is 1. The summed E-state index contributed by atoms with van der Waals surface area (Å²) < 4.78 is 24.2. The molecule has 0 amide bonds. The van der Waals surface area contributed by atoms with E-state index in [2.05, 4.69) is 4.98 Å². The second-order valence-electron chi connectivity index (χ2n) is 3.63. The second-order valence-corrected chi connectivity index (χ2v) is 4.49. The molecule has 0 unspecified atom stereocenters. The standard InChI is InChI=1S/C8H11F2NS/c1-8(2,3)7-11-5(4-12-7)6(9)10/h4,6H,1-3H3. The van der Waals surface area contributed by atoms with E-state index in [0.717, 1.165) is 5.01 Å². The Bertz CT molecular complexity index is 262. The van der Waals surface area contributed by atoms with Crippen molar-refractivity contribution in [1.82, 2.24) is 4.98 Å². The monoisotopic (exact) mass is 191 g/mol. The van der Waals surface area contributed by atoms with E-state index in [-0.39, 0.29) is 11.1 Å². The van der Waals surface area contributed by atoms with Crippen LogP contribution in [0.4, 0.5) is 8.78 Å². The minimum absolute atomic E-state index is 0.107. The van der Waals surface area contributed by atoms with E-state index in [1.807, 2.05) is 20.8 Å². The third kappa shape index (κ3) is 2.00. The van der Waals surface area contributed by atoms with Crippen LogP contribution in [0.1, 0.15) is 37.9 Å². The van der Waals surface area contributed by atoms with Gasteiger partial charge < -0.3 is 0 Å². The molecule has 4 heteroatoms. The summed E-state index contributed by atoms with van der Waals surface area (Å²) in [7, 11) is 0. The van der Waals surface area contributed by atoms with E-state index in [0.29, 0.717) is 0 Å². The number of rotatable bonds is 1. The molecule has 1 nitrogen and oxygen atoms in total. The first kappa shape index (κ1) is 9.58. The van der Waals surface area contributed by atoms with Gasteiger partial charge in [0, 0.05) is 10.8 Å². The number of hydrogen-bond donors (Lipinski definition) is 0. The van der Waals surface area contributed by atoms with Crippen molar-refractivity contribution in [3.05, 3.63) is 16.1 Å². The van der Waals surface area contributed by atoms with Crippen LogP contribution in [-0.2, 0) is 5.41 Å². The molecule has 1 heterocycles. The maximum Gasteiger partial charge on any atom is 0.281 e. The van der Waals surface area contributed by atoms with Gasteiger partial charge in [0.15, 0.2) is 0 Å². The van der Waals surface area contributed by atoms with Crippen molar-refractivity contribution in [2.75, 3.05) is 0 Å². The number of hydrogen-bond acceptors (Lipinski definition) is 2. The van der Waals surface area contributed by atoms with Crippen molar-refractivity contribution in [2.24, 2.45) is 0 Å². The Morgan fingerprint density at radius 3 is 2.25 bits per heavy atom. The largest absolute Gasteiger partial charge is 0.281 e. The van der Waals surface area contributed by atoms with Crippen molar-refractivity contribution in [1.29, 1.82) is 0 Å². The molecule has 0 aromatic carbocycles. The summed E-state index contributed by atoms with van der Waals surface area (Å²) in [5.74, 6) is 0. The van der Waals surface area contributed by atoms with Crippen LogP contribution >= 0.6 is 11.3 Å². The Morgan fingerprint density at radius 1 is 1.42 bits per heavy atom. The number of alkyl halides is 2. The van der Waals surface area contributed by atoms with Gasteiger partial charge in [-0.1, -0.05) is 20.8 Å². The molecule has 0 aliphatic heterocycles. The van der Waals surface area contributed by atoms with E-state index < -0.39 is 6.43 Å². The van der Waals surface area contributed by atoms with E-state index in [1.165, 1.54) is 16.7 Å². The molecule has 0 atom stereocenters. The molecule has 12 heavy (non-hydrogen) atoms. The van der Waals surface area contributed by atoms with Crippen LogP contribution in [0.3, 0.4) is 0 Å². The fourth-order valence-electron chi connectivity index (χ4n) is 0.731. The first-order valence-electron chi connectivity index (χ1n) is 3.65. The van der Waals surface area contributed by atoms with Gasteiger partial charge in [0.1, 0.15) is 5.69 Å².